The maximum Gasteiger partial charge on any atom is 0.435 e. The molecule has 4 heterocycles. The van der Waals surface area contributed by atoms with E-state index in [1.165, 1.54) is 18.2 Å². The third-order valence-electron chi connectivity index (χ3n) is 5.06. The average Bonchev–Trinajstić information content (AvgIpc) is 3.16. The van der Waals surface area contributed by atoms with Crippen molar-refractivity contribution < 1.29 is 26.3 Å². The van der Waals surface area contributed by atoms with Gasteiger partial charge in [0.1, 0.15) is 5.69 Å². The number of hydrogen-bond donors (Lipinski definition) is 1. The maximum atomic E-state index is 14.1. The van der Waals surface area contributed by atoms with Gasteiger partial charge in [-0.05, 0) is 50.2 Å². The Morgan fingerprint density at radius 2 is 1.30 bits per heavy atom. The van der Waals surface area contributed by atoms with Gasteiger partial charge in [-0.3, -0.25) is 4.98 Å². The minimum Gasteiger partial charge on any atom is -0.331 e. The van der Waals surface area contributed by atoms with E-state index < -0.39 is 35.1 Å². The highest BCUT2D eigenvalue weighted by atomic mass is 19.4. The summed E-state index contributed by atoms with van der Waals surface area (Å²) in [6.45, 7) is 3.52. The topological polar surface area (TPSA) is 67.3 Å². The minimum atomic E-state index is -4.93. The van der Waals surface area contributed by atoms with E-state index in [9.17, 15) is 26.3 Å². The van der Waals surface area contributed by atoms with Crippen molar-refractivity contribution in [2.24, 2.45) is 0 Å². The smallest absolute Gasteiger partial charge is 0.331 e. The third-order valence-corrected chi connectivity index (χ3v) is 5.06. The molecule has 0 atom stereocenters. The maximum absolute atomic E-state index is 14.1. The Labute approximate surface area is 183 Å². The summed E-state index contributed by atoms with van der Waals surface area (Å²) in [4.78, 5) is 17.2. The fourth-order valence-electron chi connectivity index (χ4n) is 3.24. The summed E-state index contributed by atoms with van der Waals surface area (Å²) < 4.78 is 79.7. The zero-order valence-electron chi connectivity index (χ0n) is 17.2. The van der Waals surface area contributed by atoms with E-state index in [2.05, 4.69) is 19.9 Å². The van der Waals surface area contributed by atoms with Crippen molar-refractivity contribution in [2.75, 3.05) is 0 Å². The summed E-state index contributed by atoms with van der Waals surface area (Å²) in [5, 5.41) is 0. The van der Waals surface area contributed by atoms with Crippen LogP contribution in [-0.4, -0.2) is 24.9 Å². The van der Waals surface area contributed by atoms with Crippen LogP contribution < -0.4 is 0 Å². The average molecular weight is 463 g/mol. The lowest BCUT2D eigenvalue weighted by Gasteiger charge is -2.24. The Balaban J connectivity index is 1.73. The molecule has 11 heteroatoms. The molecule has 0 aliphatic carbocycles. The van der Waals surface area contributed by atoms with Gasteiger partial charge < -0.3 is 4.98 Å². The first-order valence-electron chi connectivity index (χ1n) is 9.57. The first kappa shape index (κ1) is 22.4. The van der Waals surface area contributed by atoms with Crippen molar-refractivity contribution in [3.05, 3.63) is 83.5 Å². The van der Waals surface area contributed by atoms with E-state index >= 15 is 0 Å². The van der Waals surface area contributed by atoms with Crippen LogP contribution in [0.2, 0.25) is 0 Å². The van der Waals surface area contributed by atoms with Crippen molar-refractivity contribution in [3.8, 4) is 22.8 Å². The molecule has 33 heavy (non-hydrogen) atoms. The summed E-state index contributed by atoms with van der Waals surface area (Å²) in [7, 11) is 0. The second-order valence-electron chi connectivity index (χ2n) is 7.66. The molecule has 5 nitrogen and oxygen atoms in total. The van der Waals surface area contributed by atoms with Gasteiger partial charge in [0.05, 0.1) is 22.6 Å². The van der Waals surface area contributed by atoms with E-state index in [1.54, 1.807) is 38.1 Å². The molecule has 0 bridgehead atoms. The van der Waals surface area contributed by atoms with Gasteiger partial charge in [0, 0.05) is 5.41 Å². The van der Waals surface area contributed by atoms with Gasteiger partial charge in [0.2, 0.25) is 17.8 Å². The van der Waals surface area contributed by atoms with E-state index in [4.69, 9.17) is 0 Å². The number of nitrogens with one attached hydrogen (secondary N) is 1. The summed E-state index contributed by atoms with van der Waals surface area (Å²) >= 11 is 0. The van der Waals surface area contributed by atoms with Crippen molar-refractivity contribution in [1.29, 1.82) is 0 Å². The number of pyridine rings is 3. The van der Waals surface area contributed by atoms with Crippen LogP contribution in [0.15, 0.2) is 48.5 Å². The van der Waals surface area contributed by atoms with Crippen LogP contribution in [0.5, 0.6) is 0 Å². The van der Waals surface area contributed by atoms with Crippen LogP contribution in [0.25, 0.3) is 22.8 Å². The summed E-state index contributed by atoms with van der Waals surface area (Å²) in [5.41, 5.74) is -1.42. The monoisotopic (exact) mass is 463 g/mol. The number of alkyl halides is 3. The lowest BCUT2D eigenvalue weighted by atomic mass is 9.84. The largest absolute Gasteiger partial charge is 0.435 e. The molecule has 4 aromatic heterocycles. The molecule has 0 aromatic carbocycles. The quantitative estimate of drug-likeness (QED) is 0.312. The SMILES string of the molecule is CC(C)(c1cccc(-c2nc(F)c(C(F)(F)F)[nH]2)n1)c1cccc(-c2ccc(F)nc2F)n1. The third kappa shape index (κ3) is 4.30. The number of H-pyrrole nitrogens is 1. The number of rotatable bonds is 4. The predicted molar refractivity (Wildman–Crippen MR) is 106 cm³/mol. The Morgan fingerprint density at radius 3 is 1.88 bits per heavy atom. The second kappa shape index (κ2) is 7.98. The van der Waals surface area contributed by atoms with Crippen LogP contribution in [0.1, 0.15) is 30.9 Å². The summed E-state index contributed by atoms with van der Waals surface area (Å²) in [5.74, 6) is -4.03. The van der Waals surface area contributed by atoms with Crippen LogP contribution in [0, 0.1) is 17.8 Å². The molecule has 0 aliphatic rings. The Kier molecular flexibility index (Phi) is 5.43. The van der Waals surface area contributed by atoms with Crippen molar-refractivity contribution in [2.45, 2.75) is 25.4 Å². The number of halogens is 6. The normalized spacial score (nSPS) is 12.2. The highest BCUT2D eigenvalue weighted by Crippen LogP contribution is 2.34. The molecule has 0 unspecified atom stereocenters. The van der Waals surface area contributed by atoms with E-state index in [0.717, 1.165) is 6.07 Å². The molecule has 0 amide bonds. The van der Waals surface area contributed by atoms with Crippen LogP contribution in [0.3, 0.4) is 0 Å². The molecule has 4 rings (SSSR count). The lowest BCUT2D eigenvalue weighted by molar-refractivity contribution is -0.143. The number of aromatic amines is 1. The van der Waals surface area contributed by atoms with Gasteiger partial charge in [-0.15, -0.1) is 0 Å². The van der Waals surface area contributed by atoms with Gasteiger partial charge in [-0.25, -0.2) is 4.98 Å². The molecular formula is C22H15F6N5. The van der Waals surface area contributed by atoms with Gasteiger partial charge in [-0.2, -0.15) is 36.3 Å². The number of aromatic nitrogens is 5. The van der Waals surface area contributed by atoms with Gasteiger partial charge >= 0.3 is 6.18 Å². The first-order valence-corrected chi connectivity index (χ1v) is 9.57. The highest BCUT2D eigenvalue weighted by molar-refractivity contribution is 5.59. The molecule has 0 saturated carbocycles. The molecule has 0 saturated heterocycles. The van der Waals surface area contributed by atoms with Gasteiger partial charge in [0.15, 0.2) is 11.5 Å². The molecule has 0 radical (unpaired) electrons. The number of hydrogen-bond acceptors (Lipinski definition) is 4. The molecule has 170 valence electrons. The van der Waals surface area contributed by atoms with Crippen molar-refractivity contribution in [1.82, 2.24) is 24.9 Å². The highest BCUT2D eigenvalue weighted by Gasteiger charge is 2.38. The molecule has 0 spiro atoms. The second-order valence-corrected chi connectivity index (χ2v) is 7.66. The van der Waals surface area contributed by atoms with Crippen LogP contribution in [0.4, 0.5) is 26.3 Å². The fraction of sp³-hybridized carbons (Fsp3) is 0.182. The van der Waals surface area contributed by atoms with Crippen LogP contribution >= 0.6 is 0 Å². The van der Waals surface area contributed by atoms with Gasteiger partial charge in [0.25, 0.3) is 0 Å². The molecule has 0 aliphatic heterocycles. The van der Waals surface area contributed by atoms with E-state index in [-0.39, 0.29) is 22.8 Å². The summed E-state index contributed by atoms with van der Waals surface area (Å²) in [6, 6.07) is 11.6. The molecule has 1 N–H and O–H groups in total. The lowest BCUT2D eigenvalue weighted by Crippen LogP contribution is -2.22. The van der Waals surface area contributed by atoms with Gasteiger partial charge in [-0.1, -0.05) is 12.1 Å². The van der Waals surface area contributed by atoms with E-state index in [0.29, 0.717) is 11.4 Å². The molecule has 0 fully saturated rings. The number of imidazole rings is 1. The minimum absolute atomic E-state index is 0.0000846. The summed E-state index contributed by atoms with van der Waals surface area (Å²) in [6.07, 6.45) is -4.93. The van der Waals surface area contributed by atoms with E-state index in [1.807, 2.05) is 4.98 Å². The van der Waals surface area contributed by atoms with Crippen LogP contribution in [-0.2, 0) is 11.6 Å². The first-order chi connectivity index (χ1) is 15.5. The Hall–Kier alpha value is -3.76. The van der Waals surface area contributed by atoms with Crippen molar-refractivity contribution in [3.63, 3.8) is 0 Å². The standard InChI is InChI=1S/C22H15F6N5/c1-21(2,14-7-3-5-12(29-14)11-9-10-16(23)31-18(11)24)15-8-4-6-13(30-15)20-32-17(19(25)33-20)22(26,27)28/h3-10H,1-2H3,(H,32,33). The molecule has 4 aromatic rings. The Bertz CT molecular complexity index is 1330. The zero-order chi connectivity index (χ0) is 24.0. The fourth-order valence-corrected chi connectivity index (χ4v) is 3.24. The predicted octanol–water partition coefficient (Wildman–Crippen LogP) is 5.69. The Morgan fingerprint density at radius 1 is 0.697 bits per heavy atom. The van der Waals surface area contributed by atoms with Crippen molar-refractivity contribution >= 4 is 0 Å². The zero-order valence-corrected chi connectivity index (χ0v) is 17.2. The molecular weight excluding hydrogens is 448 g/mol. The number of nitrogens with zero attached hydrogens (tertiary/aromatic N) is 4.